The van der Waals surface area contributed by atoms with Crippen LogP contribution in [0.1, 0.15) is 33.1 Å². The van der Waals surface area contributed by atoms with Crippen LogP contribution in [0.3, 0.4) is 0 Å². The molecule has 11 heavy (non-hydrogen) atoms. The molecule has 1 aliphatic rings. The lowest BCUT2D eigenvalue weighted by atomic mass is 10.00. The minimum atomic E-state index is 0.725. The summed E-state index contributed by atoms with van der Waals surface area (Å²) in [6.07, 6.45) is 3.91. The van der Waals surface area contributed by atoms with Gasteiger partial charge < -0.3 is 4.74 Å². The van der Waals surface area contributed by atoms with Crippen LogP contribution in [0.4, 0.5) is 0 Å². The first-order valence-corrected chi connectivity index (χ1v) is 4.45. The Kier molecular flexibility index (Phi) is 3.13. The standard InChI is InChI=1S/C10H18O/c1-8(2)10-6-4-5-9(10)7-11-3/h8H,4-7H2,1-3H3. The molecule has 0 saturated heterocycles. The van der Waals surface area contributed by atoms with Gasteiger partial charge in [-0.15, -0.1) is 0 Å². The van der Waals surface area contributed by atoms with E-state index in [9.17, 15) is 0 Å². The Bertz CT molecular complexity index is 156. The first-order valence-electron chi connectivity index (χ1n) is 4.45. The molecule has 64 valence electrons. The Morgan fingerprint density at radius 2 is 2.09 bits per heavy atom. The van der Waals surface area contributed by atoms with E-state index >= 15 is 0 Å². The maximum absolute atomic E-state index is 5.15. The fourth-order valence-electron chi connectivity index (χ4n) is 1.87. The summed E-state index contributed by atoms with van der Waals surface area (Å²) in [5.41, 5.74) is 3.20. The van der Waals surface area contributed by atoms with E-state index in [1.54, 1.807) is 18.3 Å². The van der Waals surface area contributed by atoms with Crippen molar-refractivity contribution in [1.29, 1.82) is 0 Å². The molecule has 0 radical (unpaired) electrons. The van der Waals surface area contributed by atoms with Gasteiger partial charge in [0.05, 0.1) is 6.61 Å². The molecule has 0 aromatic carbocycles. The SMILES string of the molecule is COCC1=C(C(C)C)CCC1. The van der Waals surface area contributed by atoms with Crippen molar-refractivity contribution in [3.63, 3.8) is 0 Å². The van der Waals surface area contributed by atoms with E-state index in [0.717, 1.165) is 12.5 Å². The van der Waals surface area contributed by atoms with Crippen LogP contribution in [0.25, 0.3) is 0 Å². The summed E-state index contributed by atoms with van der Waals surface area (Å²) < 4.78 is 5.15. The van der Waals surface area contributed by atoms with Gasteiger partial charge in [-0.2, -0.15) is 0 Å². The van der Waals surface area contributed by atoms with Gasteiger partial charge in [-0.05, 0) is 30.8 Å². The predicted octanol–water partition coefficient (Wildman–Crippen LogP) is 2.77. The molecule has 1 nitrogen and oxygen atoms in total. The zero-order valence-electron chi connectivity index (χ0n) is 7.81. The molecule has 0 aliphatic heterocycles. The molecule has 0 bridgehead atoms. The molecule has 0 N–H and O–H groups in total. The summed E-state index contributed by atoms with van der Waals surface area (Å²) in [6, 6.07) is 0. The second-order valence-corrected chi connectivity index (χ2v) is 3.57. The molecule has 0 saturated carbocycles. The maximum atomic E-state index is 5.15. The smallest absolute Gasteiger partial charge is 0.0675 e. The number of methoxy groups -OCH3 is 1. The molecule has 0 spiro atoms. The summed E-state index contributed by atoms with van der Waals surface area (Å²) in [6.45, 7) is 5.40. The maximum Gasteiger partial charge on any atom is 0.0675 e. The van der Waals surface area contributed by atoms with Crippen LogP contribution in [-0.2, 0) is 4.74 Å². The normalized spacial score (nSPS) is 18.5. The van der Waals surface area contributed by atoms with Gasteiger partial charge in [0.15, 0.2) is 0 Å². The molecular weight excluding hydrogens is 136 g/mol. The number of hydrogen-bond donors (Lipinski definition) is 0. The highest BCUT2D eigenvalue weighted by molar-refractivity contribution is 5.21. The fraction of sp³-hybridized carbons (Fsp3) is 0.800. The van der Waals surface area contributed by atoms with E-state index in [1.807, 2.05) is 0 Å². The second-order valence-electron chi connectivity index (χ2n) is 3.57. The first kappa shape index (κ1) is 8.79. The molecule has 0 aromatic heterocycles. The zero-order chi connectivity index (χ0) is 8.27. The van der Waals surface area contributed by atoms with E-state index in [4.69, 9.17) is 4.74 Å². The van der Waals surface area contributed by atoms with Gasteiger partial charge in [0.1, 0.15) is 0 Å². The van der Waals surface area contributed by atoms with Crippen LogP contribution in [0.15, 0.2) is 11.1 Å². The van der Waals surface area contributed by atoms with Crippen molar-refractivity contribution in [1.82, 2.24) is 0 Å². The highest BCUT2D eigenvalue weighted by Gasteiger charge is 2.16. The monoisotopic (exact) mass is 154 g/mol. The summed E-state index contributed by atoms with van der Waals surface area (Å²) in [5.74, 6) is 0.725. The molecule has 1 heteroatoms. The van der Waals surface area contributed by atoms with Crippen molar-refractivity contribution in [3.05, 3.63) is 11.1 Å². The number of rotatable bonds is 3. The summed E-state index contributed by atoms with van der Waals surface area (Å²) in [4.78, 5) is 0. The number of ether oxygens (including phenoxy) is 1. The largest absolute Gasteiger partial charge is 0.380 e. The molecular formula is C10H18O. The summed E-state index contributed by atoms with van der Waals surface area (Å²) in [7, 11) is 1.78. The van der Waals surface area contributed by atoms with Crippen molar-refractivity contribution in [3.8, 4) is 0 Å². The van der Waals surface area contributed by atoms with Crippen LogP contribution < -0.4 is 0 Å². The number of allylic oxidation sites excluding steroid dienone is 1. The highest BCUT2D eigenvalue weighted by atomic mass is 16.5. The van der Waals surface area contributed by atoms with Crippen molar-refractivity contribution in [2.24, 2.45) is 5.92 Å². The molecule has 0 atom stereocenters. The van der Waals surface area contributed by atoms with Gasteiger partial charge in [-0.3, -0.25) is 0 Å². The predicted molar refractivity (Wildman–Crippen MR) is 47.6 cm³/mol. The minimum Gasteiger partial charge on any atom is -0.380 e. The fourth-order valence-corrected chi connectivity index (χ4v) is 1.87. The molecule has 1 aliphatic carbocycles. The Balaban J connectivity index is 2.61. The van der Waals surface area contributed by atoms with Gasteiger partial charge in [-0.1, -0.05) is 19.4 Å². The van der Waals surface area contributed by atoms with Crippen molar-refractivity contribution >= 4 is 0 Å². The molecule has 0 fully saturated rings. The van der Waals surface area contributed by atoms with Crippen molar-refractivity contribution in [2.45, 2.75) is 33.1 Å². The van der Waals surface area contributed by atoms with E-state index < -0.39 is 0 Å². The number of hydrogen-bond acceptors (Lipinski definition) is 1. The Hall–Kier alpha value is -0.300. The van der Waals surface area contributed by atoms with Crippen LogP contribution in [-0.4, -0.2) is 13.7 Å². The zero-order valence-corrected chi connectivity index (χ0v) is 7.81. The van der Waals surface area contributed by atoms with E-state index in [1.165, 1.54) is 19.3 Å². The summed E-state index contributed by atoms with van der Waals surface area (Å²) >= 11 is 0. The third-order valence-corrected chi connectivity index (χ3v) is 2.39. The van der Waals surface area contributed by atoms with E-state index in [-0.39, 0.29) is 0 Å². The van der Waals surface area contributed by atoms with E-state index in [2.05, 4.69) is 13.8 Å². The summed E-state index contributed by atoms with van der Waals surface area (Å²) in [5, 5.41) is 0. The van der Waals surface area contributed by atoms with Gasteiger partial charge in [0, 0.05) is 7.11 Å². The van der Waals surface area contributed by atoms with Gasteiger partial charge in [-0.25, -0.2) is 0 Å². The van der Waals surface area contributed by atoms with Crippen molar-refractivity contribution < 1.29 is 4.74 Å². The molecule has 0 unspecified atom stereocenters. The van der Waals surface area contributed by atoms with Crippen LogP contribution in [0, 0.1) is 5.92 Å². The quantitative estimate of drug-likeness (QED) is 0.568. The van der Waals surface area contributed by atoms with Gasteiger partial charge >= 0.3 is 0 Å². The molecule has 1 rings (SSSR count). The van der Waals surface area contributed by atoms with E-state index in [0.29, 0.717) is 0 Å². The first-order chi connectivity index (χ1) is 5.25. The molecule has 0 amide bonds. The lowest BCUT2D eigenvalue weighted by Crippen LogP contribution is -1.98. The third-order valence-electron chi connectivity index (χ3n) is 2.39. The topological polar surface area (TPSA) is 9.23 Å². The van der Waals surface area contributed by atoms with Gasteiger partial charge in [0.2, 0.25) is 0 Å². The Morgan fingerprint density at radius 1 is 1.36 bits per heavy atom. The third kappa shape index (κ3) is 2.06. The molecule has 0 heterocycles. The average Bonchev–Trinajstić information content (AvgIpc) is 2.36. The second kappa shape index (κ2) is 3.91. The average molecular weight is 154 g/mol. The highest BCUT2D eigenvalue weighted by Crippen LogP contribution is 2.30. The Labute approximate surface area is 69.4 Å². The van der Waals surface area contributed by atoms with Gasteiger partial charge in [0.25, 0.3) is 0 Å². The Morgan fingerprint density at radius 3 is 2.64 bits per heavy atom. The lowest BCUT2D eigenvalue weighted by molar-refractivity contribution is 0.223. The lowest BCUT2D eigenvalue weighted by Gasteiger charge is -2.09. The minimum absolute atomic E-state index is 0.725. The molecule has 0 aromatic rings. The van der Waals surface area contributed by atoms with Crippen LogP contribution in [0.2, 0.25) is 0 Å². The van der Waals surface area contributed by atoms with Crippen molar-refractivity contribution in [2.75, 3.05) is 13.7 Å². The van der Waals surface area contributed by atoms with Crippen LogP contribution in [0.5, 0.6) is 0 Å². The van der Waals surface area contributed by atoms with Crippen LogP contribution >= 0.6 is 0 Å².